The lowest BCUT2D eigenvalue weighted by atomic mass is 10.2. The Hall–Kier alpha value is -2.44. The molecule has 2 aromatic heterocycles. The number of hydrogen-bond donors (Lipinski definition) is 0. The molecule has 0 amide bonds. The van der Waals surface area contributed by atoms with Gasteiger partial charge in [-0.05, 0) is 12.1 Å². The van der Waals surface area contributed by atoms with E-state index in [1.165, 1.54) is 11.8 Å². The SMILES string of the molecule is Clc1cccc(-c2noc(CSc3nncc4ccccc34)n2)c1. The summed E-state index contributed by atoms with van der Waals surface area (Å²) in [5, 5.41) is 15.8. The molecule has 4 rings (SSSR count). The highest BCUT2D eigenvalue weighted by Crippen LogP contribution is 2.28. The smallest absolute Gasteiger partial charge is 0.237 e. The maximum absolute atomic E-state index is 5.99. The van der Waals surface area contributed by atoms with Gasteiger partial charge in [0, 0.05) is 21.4 Å². The van der Waals surface area contributed by atoms with Gasteiger partial charge in [0.25, 0.3) is 0 Å². The lowest BCUT2D eigenvalue weighted by molar-refractivity contribution is 0.391. The van der Waals surface area contributed by atoms with E-state index in [1.807, 2.05) is 36.4 Å². The average molecular weight is 355 g/mol. The van der Waals surface area contributed by atoms with E-state index >= 15 is 0 Å². The molecular weight excluding hydrogens is 344 g/mol. The van der Waals surface area contributed by atoms with Crippen molar-refractivity contribution >= 4 is 34.1 Å². The van der Waals surface area contributed by atoms with Crippen molar-refractivity contribution < 1.29 is 4.52 Å². The molecule has 0 N–H and O–H groups in total. The number of hydrogen-bond acceptors (Lipinski definition) is 6. The molecular formula is C17H11ClN4OS. The van der Waals surface area contributed by atoms with Crippen molar-refractivity contribution in [3.63, 3.8) is 0 Å². The Morgan fingerprint density at radius 3 is 2.92 bits per heavy atom. The molecule has 2 aromatic carbocycles. The van der Waals surface area contributed by atoms with Crippen LogP contribution in [0.5, 0.6) is 0 Å². The Bertz CT molecular complexity index is 999. The van der Waals surface area contributed by atoms with Crippen molar-refractivity contribution in [2.45, 2.75) is 10.8 Å². The average Bonchev–Trinajstić information content (AvgIpc) is 3.09. The van der Waals surface area contributed by atoms with E-state index in [-0.39, 0.29) is 0 Å². The van der Waals surface area contributed by atoms with Gasteiger partial charge in [-0.1, -0.05) is 64.9 Å². The summed E-state index contributed by atoms with van der Waals surface area (Å²) in [6.45, 7) is 0. The highest BCUT2D eigenvalue weighted by molar-refractivity contribution is 7.98. The Labute approximate surface area is 147 Å². The summed E-state index contributed by atoms with van der Waals surface area (Å²) in [6.07, 6.45) is 1.75. The van der Waals surface area contributed by atoms with Gasteiger partial charge < -0.3 is 4.52 Å². The highest BCUT2D eigenvalue weighted by atomic mass is 35.5. The van der Waals surface area contributed by atoms with E-state index in [4.69, 9.17) is 16.1 Å². The van der Waals surface area contributed by atoms with Gasteiger partial charge in [0.15, 0.2) is 0 Å². The minimum absolute atomic E-state index is 0.524. The van der Waals surface area contributed by atoms with E-state index < -0.39 is 0 Å². The van der Waals surface area contributed by atoms with E-state index in [1.54, 1.807) is 18.3 Å². The van der Waals surface area contributed by atoms with Crippen LogP contribution >= 0.6 is 23.4 Å². The summed E-state index contributed by atoms with van der Waals surface area (Å²) in [7, 11) is 0. The van der Waals surface area contributed by atoms with Crippen molar-refractivity contribution in [3.05, 3.63) is 65.6 Å². The van der Waals surface area contributed by atoms with Crippen LogP contribution in [0, 0.1) is 0 Å². The lowest BCUT2D eigenvalue weighted by Crippen LogP contribution is -1.89. The highest BCUT2D eigenvalue weighted by Gasteiger charge is 2.11. The summed E-state index contributed by atoms with van der Waals surface area (Å²) in [5.74, 6) is 1.58. The lowest BCUT2D eigenvalue weighted by Gasteiger charge is -2.01. The van der Waals surface area contributed by atoms with Gasteiger partial charge in [-0.3, -0.25) is 0 Å². The van der Waals surface area contributed by atoms with Crippen LogP contribution in [0.15, 0.2) is 64.3 Å². The van der Waals surface area contributed by atoms with Gasteiger partial charge in [-0.2, -0.15) is 10.1 Å². The van der Waals surface area contributed by atoms with Crippen molar-refractivity contribution in [3.8, 4) is 11.4 Å². The third-order valence-electron chi connectivity index (χ3n) is 3.42. The van der Waals surface area contributed by atoms with Gasteiger partial charge in [-0.15, -0.1) is 5.10 Å². The summed E-state index contributed by atoms with van der Waals surface area (Å²) in [4.78, 5) is 4.41. The number of thioether (sulfide) groups is 1. The molecule has 2 heterocycles. The van der Waals surface area contributed by atoms with Gasteiger partial charge in [0.1, 0.15) is 5.03 Å². The molecule has 4 aromatic rings. The molecule has 0 unspecified atom stereocenters. The van der Waals surface area contributed by atoms with Crippen LogP contribution in [0.3, 0.4) is 0 Å². The molecule has 0 bridgehead atoms. The molecule has 0 aliphatic rings. The normalized spacial score (nSPS) is 11.0. The first-order chi connectivity index (χ1) is 11.8. The Morgan fingerprint density at radius 2 is 2.00 bits per heavy atom. The maximum atomic E-state index is 5.99. The van der Waals surface area contributed by atoms with Crippen LogP contribution in [0.1, 0.15) is 5.89 Å². The quantitative estimate of drug-likeness (QED) is 0.498. The molecule has 0 saturated carbocycles. The number of rotatable bonds is 4. The summed E-state index contributed by atoms with van der Waals surface area (Å²) in [5.41, 5.74) is 0.826. The number of nitrogens with zero attached hydrogens (tertiary/aromatic N) is 4. The van der Waals surface area contributed by atoms with Crippen LogP contribution in [0.4, 0.5) is 0 Å². The molecule has 118 valence electrons. The second kappa shape index (κ2) is 6.59. The van der Waals surface area contributed by atoms with Crippen LogP contribution < -0.4 is 0 Å². The molecule has 0 fully saturated rings. The van der Waals surface area contributed by atoms with E-state index in [0.29, 0.717) is 22.5 Å². The largest absolute Gasteiger partial charge is 0.338 e. The third kappa shape index (κ3) is 3.11. The molecule has 0 saturated heterocycles. The first kappa shape index (κ1) is 15.1. The fourth-order valence-corrected chi connectivity index (χ4v) is 3.31. The molecule has 0 spiro atoms. The first-order valence-electron chi connectivity index (χ1n) is 7.21. The van der Waals surface area contributed by atoms with Crippen molar-refractivity contribution in [1.82, 2.24) is 20.3 Å². The zero-order chi connectivity index (χ0) is 16.4. The van der Waals surface area contributed by atoms with E-state index in [0.717, 1.165) is 21.4 Å². The maximum Gasteiger partial charge on any atom is 0.237 e. The molecule has 0 radical (unpaired) electrons. The van der Waals surface area contributed by atoms with Crippen LogP contribution in [-0.4, -0.2) is 20.3 Å². The predicted octanol–water partition coefficient (Wildman–Crippen LogP) is 4.63. The monoisotopic (exact) mass is 354 g/mol. The zero-order valence-electron chi connectivity index (χ0n) is 12.4. The molecule has 0 atom stereocenters. The second-order valence-electron chi connectivity index (χ2n) is 5.05. The summed E-state index contributed by atoms with van der Waals surface area (Å²) in [6, 6.07) is 15.4. The molecule has 5 nitrogen and oxygen atoms in total. The zero-order valence-corrected chi connectivity index (χ0v) is 14.0. The molecule has 7 heteroatoms. The summed E-state index contributed by atoms with van der Waals surface area (Å²) >= 11 is 7.51. The van der Waals surface area contributed by atoms with E-state index in [9.17, 15) is 0 Å². The van der Waals surface area contributed by atoms with Gasteiger partial charge in [0.2, 0.25) is 11.7 Å². The minimum Gasteiger partial charge on any atom is -0.338 e. The van der Waals surface area contributed by atoms with E-state index in [2.05, 4.69) is 20.3 Å². The topological polar surface area (TPSA) is 64.7 Å². The van der Waals surface area contributed by atoms with Gasteiger partial charge in [-0.25, -0.2) is 0 Å². The molecule has 0 aliphatic heterocycles. The standard InChI is InChI=1S/C17H11ClN4OS/c18-13-6-3-5-11(8-13)16-20-15(23-22-16)10-24-17-14-7-2-1-4-12(14)9-19-21-17/h1-9H,10H2. The Balaban J connectivity index is 1.54. The second-order valence-corrected chi connectivity index (χ2v) is 6.45. The van der Waals surface area contributed by atoms with Gasteiger partial charge >= 0.3 is 0 Å². The number of benzene rings is 2. The van der Waals surface area contributed by atoms with Crippen molar-refractivity contribution in [2.24, 2.45) is 0 Å². The number of aromatic nitrogens is 4. The fourth-order valence-electron chi connectivity index (χ4n) is 2.30. The minimum atomic E-state index is 0.524. The van der Waals surface area contributed by atoms with Gasteiger partial charge in [0.05, 0.1) is 11.9 Å². The van der Waals surface area contributed by atoms with Crippen molar-refractivity contribution in [1.29, 1.82) is 0 Å². The van der Waals surface area contributed by atoms with Crippen molar-refractivity contribution in [2.75, 3.05) is 0 Å². The summed E-state index contributed by atoms with van der Waals surface area (Å²) < 4.78 is 5.32. The first-order valence-corrected chi connectivity index (χ1v) is 8.58. The fraction of sp³-hybridized carbons (Fsp3) is 0.0588. The molecule has 24 heavy (non-hydrogen) atoms. The Kier molecular flexibility index (Phi) is 4.15. The number of halogens is 1. The van der Waals surface area contributed by atoms with Crippen LogP contribution in [-0.2, 0) is 5.75 Å². The van der Waals surface area contributed by atoms with Crippen LogP contribution in [0.2, 0.25) is 5.02 Å². The number of fused-ring (bicyclic) bond motifs is 1. The Morgan fingerprint density at radius 1 is 1.08 bits per heavy atom. The van der Waals surface area contributed by atoms with Crippen LogP contribution in [0.25, 0.3) is 22.2 Å². The third-order valence-corrected chi connectivity index (χ3v) is 4.62. The molecule has 0 aliphatic carbocycles. The predicted molar refractivity (Wildman–Crippen MR) is 93.8 cm³/mol.